The number of rotatable bonds is 7. The van der Waals surface area contributed by atoms with Crippen LogP contribution in [0.3, 0.4) is 0 Å². The van der Waals surface area contributed by atoms with Gasteiger partial charge in [0.15, 0.2) is 0 Å². The van der Waals surface area contributed by atoms with Gasteiger partial charge in [-0.25, -0.2) is 0 Å². The van der Waals surface area contributed by atoms with Crippen LogP contribution in [0.4, 0.5) is 11.4 Å². The van der Waals surface area contributed by atoms with Crippen LogP contribution in [0.1, 0.15) is 31.0 Å². The van der Waals surface area contributed by atoms with Gasteiger partial charge in [0.1, 0.15) is 11.5 Å². The molecule has 0 bridgehead atoms. The van der Waals surface area contributed by atoms with Crippen LogP contribution in [-0.2, 0) is 9.59 Å². The van der Waals surface area contributed by atoms with Crippen LogP contribution in [0.25, 0.3) is 16.5 Å². The molecule has 1 fully saturated rings. The van der Waals surface area contributed by atoms with E-state index in [9.17, 15) is 14.7 Å². The third kappa shape index (κ3) is 4.39. The molecule has 1 unspecified atom stereocenters. The largest absolute Gasteiger partial charge is 0.507 e. The molecule has 6 nitrogen and oxygen atoms in total. The van der Waals surface area contributed by atoms with Crippen LogP contribution in [0, 0.1) is 0 Å². The summed E-state index contributed by atoms with van der Waals surface area (Å²) in [4.78, 5) is 30.7. The standard InChI is InChI=1S/C32H30N2O4/c1-4-33(5-2)25-14-16-26(17-15-25)34-29(22-12-18-27(38-3)19-13-22)28(31(36)32(34)37)30(35)24-11-10-21-8-6-7-9-23(21)20-24/h6-20,29,35H,4-5H2,1-3H3/b30-28-. The first-order valence-electron chi connectivity index (χ1n) is 12.8. The van der Waals surface area contributed by atoms with Gasteiger partial charge < -0.3 is 14.7 Å². The number of Topliss-reactive ketones (excluding diaryl/α,β-unsaturated/α-hetero) is 1. The maximum absolute atomic E-state index is 13.5. The molecule has 6 heteroatoms. The summed E-state index contributed by atoms with van der Waals surface area (Å²) in [5.41, 5.74) is 2.86. The lowest BCUT2D eigenvalue weighted by molar-refractivity contribution is -0.132. The number of carbonyl (C=O) groups is 2. The van der Waals surface area contributed by atoms with Crippen molar-refractivity contribution in [1.82, 2.24) is 0 Å². The second kappa shape index (κ2) is 10.4. The number of benzene rings is 4. The fourth-order valence-corrected chi connectivity index (χ4v) is 5.11. The molecule has 0 radical (unpaired) electrons. The Kier molecular flexibility index (Phi) is 6.88. The zero-order chi connectivity index (χ0) is 26.8. The van der Waals surface area contributed by atoms with Crippen molar-refractivity contribution in [2.24, 2.45) is 0 Å². The second-order valence-electron chi connectivity index (χ2n) is 9.19. The fourth-order valence-electron chi connectivity index (χ4n) is 5.11. The van der Waals surface area contributed by atoms with Gasteiger partial charge in [0.05, 0.1) is 18.7 Å². The van der Waals surface area contributed by atoms with Crippen LogP contribution >= 0.6 is 0 Å². The van der Waals surface area contributed by atoms with Crippen molar-refractivity contribution in [2.45, 2.75) is 19.9 Å². The first-order valence-corrected chi connectivity index (χ1v) is 12.8. The number of aliphatic hydroxyl groups is 1. The van der Waals surface area contributed by atoms with Crippen LogP contribution in [-0.4, -0.2) is 37.0 Å². The maximum Gasteiger partial charge on any atom is 0.300 e. The number of aliphatic hydroxyl groups excluding tert-OH is 1. The maximum atomic E-state index is 13.5. The van der Waals surface area contributed by atoms with Crippen LogP contribution in [0.5, 0.6) is 5.75 Å². The molecule has 1 aliphatic rings. The van der Waals surface area contributed by atoms with Gasteiger partial charge in [0, 0.05) is 30.0 Å². The molecule has 192 valence electrons. The number of carbonyl (C=O) groups excluding carboxylic acids is 2. The Morgan fingerprint density at radius 3 is 2.16 bits per heavy atom. The number of anilines is 2. The molecule has 0 aromatic heterocycles. The van der Waals surface area contributed by atoms with Crippen molar-refractivity contribution in [3.63, 3.8) is 0 Å². The van der Waals surface area contributed by atoms with E-state index in [0.29, 0.717) is 22.6 Å². The Balaban J connectivity index is 1.66. The third-order valence-corrected chi connectivity index (χ3v) is 7.16. The van der Waals surface area contributed by atoms with Crippen molar-refractivity contribution in [1.29, 1.82) is 0 Å². The van der Waals surface area contributed by atoms with Crippen LogP contribution in [0.15, 0.2) is 96.6 Å². The summed E-state index contributed by atoms with van der Waals surface area (Å²) in [6, 6.07) is 27.3. The zero-order valence-corrected chi connectivity index (χ0v) is 21.7. The summed E-state index contributed by atoms with van der Waals surface area (Å²) in [6.07, 6.45) is 0. The highest BCUT2D eigenvalue weighted by molar-refractivity contribution is 6.51. The summed E-state index contributed by atoms with van der Waals surface area (Å²) in [5, 5.41) is 13.4. The van der Waals surface area contributed by atoms with E-state index >= 15 is 0 Å². The normalized spacial score (nSPS) is 16.7. The highest BCUT2D eigenvalue weighted by atomic mass is 16.5. The second-order valence-corrected chi connectivity index (χ2v) is 9.19. The zero-order valence-electron chi connectivity index (χ0n) is 21.7. The van der Waals surface area contributed by atoms with Crippen molar-refractivity contribution < 1.29 is 19.4 Å². The van der Waals surface area contributed by atoms with E-state index in [1.807, 2.05) is 72.8 Å². The molecule has 4 aromatic rings. The Labute approximate surface area is 222 Å². The number of amides is 1. The van der Waals surface area contributed by atoms with E-state index in [1.54, 1.807) is 25.3 Å². The number of hydrogen-bond acceptors (Lipinski definition) is 5. The molecule has 38 heavy (non-hydrogen) atoms. The number of methoxy groups -OCH3 is 1. The molecule has 0 aliphatic carbocycles. The van der Waals surface area contributed by atoms with Gasteiger partial charge in [0.25, 0.3) is 11.7 Å². The summed E-state index contributed by atoms with van der Waals surface area (Å²) in [7, 11) is 1.58. The van der Waals surface area contributed by atoms with Gasteiger partial charge in [-0.1, -0.05) is 48.5 Å². The monoisotopic (exact) mass is 506 g/mol. The molecule has 1 aliphatic heterocycles. The Morgan fingerprint density at radius 2 is 1.53 bits per heavy atom. The minimum atomic E-state index is -0.799. The lowest BCUT2D eigenvalue weighted by atomic mass is 9.94. The molecule has 5 rings (SSSR count). The van der Waals surface area contributed by atoms with Gasteiger partial charge in [-0.2, -0.15) is 0 Å². The van der Waals surface area contributed by atoms with Crippen molar-refractivity contribution in [2.75, 3.05) is 30.0 Å². The van der Waals surface area contributed by atoms with Crippen molar-refractivity contribution >= 4 is 39.6 Å². The predicted molar refractivity (Wildman–Crippen MR) is 152 cm³/mol. The smallest absolute Gasteiger partial charge is 0.300 e. The average Bonchev–Trinajstić information content (AvgIpc) is 3.23. The highest BCUT2D eigenvalue weighted by Gasteiger charge is 2.47. The van der Waals surface area contributed by atoms with Crippen molar-refractivity contribution in [3.8, 4) is 5.75 Å². The lowest BCUT2D eigenvalue weighted by Crippen LogP contribution is -2.29. The van der Waals surface area contributed by atoms with E-state index in [0.717, 1.165) is 29.5 Å². The Bertz CT molecular complexity index is 1520. The fraction of sp³-hybridized carbons (Fsp3) is 0.188. The third-order valence-electron chi connectivity index (χ3n) is 7.16. The molecule has 4 aromatic carbocycles. The number of ether oxygens (including phenoxy) is 1. The summed E-state index contributed by atoms with van der Waals surface area (Å²) in [6.45, 7) is 5.90. The van der Waals surface area contributed by atoms with E-state index < -0.39 is 17.7 Å². The molecular weight excluding hydrogens is 476 g/mol. The molecular formula is C32H30N2O4. The number of ketones is 1. The molecule has 1 N–H and O–H groups in total. The highest BCUT2D eigenvalue weighted by Crippen LogP contribution is 2.43. The first kappa shape index (κ1) is 25.1. The quantitative estimate of drug-likeness (QED) is 0.180. The minimum Gasteiger partial charge on any atom is -0.507 e. The summed E-state index contributed by atoms with van der Waals surface area (Å²) < 4.78 is 5.31. The summed E-state index contributed by atoms with van der Waals surface area (Å²) in [5.74, 6) is -0.936. The van der Waals surface area contributed by atoms with E-state index in [2.05, 4.69) is 18.7 Å². The topological polar surface area (TPSA) is 70.1 Å². The van der Waals surface area contributed by atoms with Gasteiger partial charge in [-0.15, -0.1) is 0 Å². The SMILES string of the molecule is CCN(CC)c1ccc(N2C(=O)C(=O)/C(=C(\O)c3ccc4ccccc4c3)C2c2ccc(OC)cc2)cc1. The number of fused-ring (bicyclic) bond motifs is 1. The number of nitrogens with zero attached hydrogens (tertiary/aromatic N) is 2. The molecule has 0 saturated carbocycles. The number of hydrogen-bond donors (Lipinski definition) is 1. The molecule has 1 amide bonds. The van der Waals surface area contributed by atoms with Gasteiger partial charge in [-0.3, -0.25) is 14.5 Å². The van der Waals surface area contributed by atoms with Gasteiger partial charge in [0.2, 0.25) is 0 Å². The van der Waals surface area contributed by atoms with Gasteiger partial charge in [-0.05, 0) is 72.6 Å². The van der Waals surface area contributed by atoms with Gasteiger partial charge >= 0.3 is 0 Å². The molecule has 0 spiro atoms. The Hall–Kier alpha value is -4.58. The molecule has 1 heterocycles. The van der Waals surface area contributed by atoms with Crippen molar-refractivity contribution in [3.05, 3.63) is 108 Å². The van der Waals surface area contributed by atoms with E-state index in [-0.39, 0.29) is 11.3 Å². The lowest BCUT2D eigenvalue weighted by Gasteiger charge is -2.27. The average molecular weight is 507 g/mol. The molecule has 1 saturated heterocycles. The predicted octanol–water partition coefficient (Wildman–Crippen LogP) is 6.32. The van der Waals surface area contributed by atoms with Crippen LogP contribution < -0.4 is 14.5 Å². The summed E-state index contributed by atoms with van der Waals surface area (Å²) >= 11 is 0. The van der Waals surface area contributed by atoms with E-state index in [4.69, 9.17) is 4.74 Å². The molecule has 1 atom stereocenters. The minimum absolute atomic E-state index is 0.0586. The van der Waals surface area contributed by atoms with E-state index in [1.165, 1.54) is 4.90 Å². The first-order chi connectivity index (χ1) is 18.5. The van der Waals surface area contributed by atoms with Crippen LogP contribution in [0.2, 0.25) is 0 Å². The Morgan fingerprint density at radius 1 is 0.868 bits per heavy atom.